The number of aromatic nitrogens is 1. The van der Waals surface area contributed by atoms with Crippen molar-refractivity contribution in [3.8, 4) is 22.8 Å². The van der Waals surface area contributed by atoms with Crippen molar-refractivity contribution in [2.75, 3.05) is 0 Å². The van der Waals surface area contributed by atoms with Crippen LogP contribution in [0.25, 0.3) is 11.3 Å². The van der Waals surface area contributed by atoms with Gasteiger partial charge in [-0.2, -0.15) is 0 Å². The largest absolute Gasteiger partial charge is 0.506 e. The summed E-state index contributed by atoms with van der Waals surface area (Å²) in [7, 11) is 0. The standard InChI is InChI=1S/C31H31NO4S/c1-20(2)24-11-14-26(22-7-3-4-8-22)29(16-24)37-30-27(33)17-28(36-31(30)34)23-9-12-25(13-10-23)35-19-21-6-5-15-32-18-21/h5-6,9-18,20,22,33H,3-4,7-8,19H2,1-2H3. The summed E-state index contributed by atoms with van der Waals surface area (Å²) < 4.78 is 11.5. The van der Waals surface area contributed by atoms with Crippen LogP contribution >= 0.6 is 11.8 Å². The third kappa shape index (κ3) is 5.91. The predicted molar refractivity (Wildman–Crippen MR) is 147 cm³/mol. The van der Waals surface area contributed by atoms with E-state index < -0.39 is 5.63 Å². The zero-order valence-electron chi connectivity index (χ0n) is 21.1. The molecule has 2 heterocycles. The molecule has 2 aromatic carbocycles. The lowest BCUT2D eigenvalue weighted by Crippen LogP contribution is -2.04. The number of pyridine rings is 1. The second-order valence-corrected chi connectivity index (χ2v) is 10.9. The summed E-state index contributed by atoms with van der Waals surface area (Å²) >= 11 is 1.32. The molecule has 37 heavy (non-hydrogen) atoms. The number of benzene rings is 2. The van der Waals surface area contributed by atoms with Gasteiger partial charge in [-0.3, -0.25) is 4.98 Å². The molecule has 0 unspecified atom stereocenters. The molecule has 5 rings (SSSR count). The Morgan fingerprint density at radius 2 is 1.86 bits per heavy atom. The molecule has 0 bridgehead atoms. The third-order valence-corrected chi connectivity index (χ3v) is 8.02. The lowest BCUT2D eigenvalue weighted by atomic mass is 9.94. The SMILES string of the molecule is CC(C)c1ccc(C2CCCC2)c(Sc2c(O)cc(-c3ccc(OCc4cccnc4)cc3)oc2=O)c1. The van der Waals surface area contributed by atoms with Gasteiger partial charge in [0.1, 0.15) is 28.8 Å². The van der Waals surface area contributed by atoms with Crippen LogP contribution in [0, 0.1) is 0 Å². The molecule has 1 aliphatic rings. The van der Waals surface area contributed by atoms with Gasteiger partial charge in [0, 0.05) is 34.5 Å². The number of aromatic hydroxyl groups is 1. The topological polar surface area (TPSA) is 72.6 Å². The maximum absolute atomic E-state index is 13.0. The monoisotopic (exact) mass is 513 g/mol. The number of rotatable bonds is 8. The highest BCUT2D eigenvalue weighted by molar-refractivity contribution is 7.99. The van der Waals surface area contributed by atoms with E-state index in [0.717, 1.165) is 23.3 Å². The molecule has 190 valence electrons. The van der Waals surface area contributed by atoms with E-state index in [1.807, 2.05) is 36.4 Å². The minimum atomic E-state index is -0.538. The van der Waals surface area contributed by atoms with Gasteiger partial charge < -0.3 is 14.3 Å². The second kappa shape index (κ2) is 11.3. The predicted octanol–water partition coefficient (Wildman–Crippen LogP) is 7.92. The van der Waals surface area contributed by atoms with Crippen molar-refractivity contribution in [1.82, 2.24) is 4.98 Å². The third-order valence-electron chi connectivity index (χ3n) is 6.87. The van der Waals surface area contributed by atoms with Crippen LogP contribution in [-0.2, 0) is 6.61 Å². The Balaban J connectivity index is 1.37. The van der Waals surface area contributed by atoms with Crippen LogP contribution in [0.1, 0.15) is 68.1 Å². The van der Waals surface area contributed by atoms with E-state index in [2.05, 4.69) is 37.0 Å². The molecule has 1 saturated carbocycles. The van der Waals surface area contributed by atoms with Crippen LogP contribution in [0.4, 0.5) is 0 Å². The van der Waals surface area contributed by atoms with Crippen molar-refractivity contribution in [2.24, 2.45) is 0 Å². The molecule has 1 N–H and O–H groups in total. The van der Waals surface area contributed by atoms with Gasteiger partial charge in [0.25, 0.3) is 0 Å². The average molecular weight is 514 g/mol. The summed E-state index contributed by atoms with van der Waals surface area (Å²) in [6.07, 6.45) is 8.28. The zero-order chi connectivity index (χ0) is 25.8. The molecule has 5 nitrogen and oxygen atoms in total. The summed E-state index contributed by atoms with van der Waals surface area (Å²) in [5, 5.41) is 10.9. The molecule has 0 aliphatic heterocycles. The van der Waals surface area contributed by atoms with Gasteiger partial charge in [-0.25, -0.2) is 4.79 Å². The van der Waals surface area contributed by atoms with Crippen molar-refractivity contribution in [2.45, 2.75) is 67.8 Å². The minimum absolute atomic E-state index is 0.0690. The highest BCUT2D eigenvalue weighted by Gasteiger charge is 2.23. The number of hydrogen-bond donors (Lipinski definition) is 1. The molecule has 4 aromatic rings. The van der Waals surface area contributed by atoms with Gasteiger partial charge in [0.2, 0.25) is 0 Å². The first-order valence-corrected chi connectivity index (χ1v) is 13.6. The molecule has 0 atom stereocenters. The Labute approximate surface area is 221 Å². The van der Waals surface area contributed by atoms with E-state index in [9.17, 15) is 9.90 Å². The van der Waals surface area contributed by atoms with Gasteiger partial charge in [0.05, 0.1) is 0 Å². The molecule has 1 aliphatic carbocycles. The lowest BCUT2D eigenvalue weighted by Gasteiger charge is -2.18. The highest BCUT2D eigenvalue weighted by atomic mass is 32.2. The maximum Gasteiger partial charge on any atom is 0.354 e. The first kappa shape index (κ1) is 25.2. The van der Waals surface area contributed by atoms with Crippen LogP contribution < -0.4 is 10.4 Å². The van der Waals surface area contributed by atoms with Crippen molar-refractivity contribution < 1.29 is 14.3 Å². The highest BCUT2D eigenvalue weighted by Crippen LogP contribution is 2.43. The molecular weight excluding hydrogens is 482 g/mol. The minimum Gasteiger partial charge on any atom is -0.506 e. The summed E-state index contributed by atoms with van der Waals surface area (Å²) in [4.78, 5) is 18.4. The Bertz CT molecular complexity index is 1410. The summed E-state index contributed by atoms with van der Waals surface area (Å²) in [6.45, 7) is 4.74. The number of hydrogen-bond acceptors (Lipinski definition) is 6. The Morgan fingerprint density at radius 3 is 2.54 bits per heavy atom. The molecule has 2 aromatic heterocycles. The smallest absolute Gasteiger partial charge is 0.354 e. The fourth-order valence-electron chi connectivity index (χ4n) is 4.75. The normalized spacial score (nSPS) is 13.8. The van der Waals surface area contributed by atoms with E-state index in [1.165, 1.54) is 41.8 Å². The van der Waals surface area contributed by atoms with Gasteiger partial charge >= 0.3 is 5.63 Å². The maximum atomic E-state index is 13.0. The van der Waals surface area contributed by atoms with Crippen LogP contribution in [0.15, 0.2) is 92.1 Å². The Hall–Kier alpha value is -3.51. The van der Waals surface area contributed by atoms with E-state index in [0.29, 0.717) is 35.5 Å². The molecule has 0 amide bonds. The van der Waals surface area contributed by atoms with Crippen LogP contribution in [-0.4, -0.2) is 10.1 Å². The first-order chi connectivity index (χ1) is 18.0. The molecule has 6 heteroatoms. The van der Waals surface area contributed by atoms with E-state index >= 15 is 0 Å². The fraction of sp³-hybridized carbons (Fsp3) is 0.290. The molecule has 0 spiro atoms. The average Bonchev–Trinajstić information content (AvgIpc) is 3.45. The van der Waals surface area contributed by atoms with Crippen molar-refractivity contribution >= 4 is 11.8 Å². The lowest BCUT2D eigenvalue weighted by molar-refractivity contribution is 0.306. The molecule has 0 radical (unpaired) electrons. The van der Waals surface area contributed by atoms with E-state index in [-0.39, 0.29) is 10.6 Å². The molecule has 1 fully saturated rings. The zero-order valence-corrected chi connectivity index (χ0v) is 22.0. The van der Waals surface area contributed by atoms with Gasteiger partial charge in [0.15, 0.2) is 0 Å². The Morgan fingerprint density at radius 1 is 1.08 bits per heavy atom. The molecular formula is C31H31NO4S. The van der Waals surface area contributed by atoms with Crippen LogP contribution in [0.3, 0.4) is 0 Å². The van der Waals surface area contributed by atoms with Crippen LogP contribution in [0.2, 0.25) is 0 Å². The van der Waals surface area contributed by atoms with Crippen molar-refractivity contribution in [1.29, 1.82) is 0 Å². The summed E-state index contributed by atoms with van der Waals surface area (Å²) in [5.74, 6) is 1.81. The second-order valence-electron chi connectivity index (χ2n) is 9.82. The van der Waals surface area contributed by atoms with Gasteiger partial charge in [-0.05, 0) is 72.2 Å². The molecule has 0 saturated heterocycles. The van der Waals surface area contributed by atoms with E-state index in [1.54, 1.807) is 12.4 Å². The fourth-order valence-corrected chi connectivity index (χ4v) is 5.81. The van der Waals surface area contributed by atoms with Crippen LogP contribution in [0.5, 0.6) is 11.5 Å². The first-order valence-electron chi connectivity index (χ1n) is 12.8. The Kier molecular flexibility index (Phi) is 7.65. The quantitative estimate of drug-likeness (QED) is 0.258. The summed E-state index contributed by atoms with van der Waals surface area (Å²) in [5.41, 5.74) is 3.60. The van der Waals surface area contributed by atoms with Gasteiger partial charge in [-0.1, -0.05) is 56.7 Å². The summed E-state index contributed by atoms with van der Waals surface area (Å²) in [6, 6.07) is 19.2. The number of nitrogens with zero attached hydrogens (tertiary/aromatic N) is 1. The van der Waals surface area contributed by atoms with Gasteiger partial charge in [-0.15, -0.1) is 0 Å². The van der Waals surface area contributed by atoms with Crippen molar-refractivity contribution in [3.63, 3.8) is 0 Å². The van der Waals surface area contributed by atoms with E-state index in [4.69, 9.17) is 9.15 Å². The van der Waals surface area contributed by atoms with Crippen molar-refractivity contribution in [3.05, 3.63) is 100 Å². The number of ether oxygens (including phenoxy) is 1.